The average molecular weight is 412 g/mol. The van der Waals surface area contributed by atoms with Gasteiger partial charge in [-0.25, -0.2) is 0 Å². The minimum absolute atomic E-state index is 0.0405. The van der Waals surface area contributed by atoms with E-state index in [-0.39, 0.29) is 24.5 Å². The number of hydrogen-bond donors (Lipinski definition) is 1. The van der Waals surface area contributed by atoms with Gasteiger partial charge in [0.15, 0.2) is 5.69 Å². The minimum Gasteiger partial charge on any atom is -0.367 e. The van der Waals surface area contributed by atoms with Crippen molar-refractivity contribution in [2.75, 3.05) is 13.2 Å². The maximum atomic E-state index is 12.7. The Morgan fingerprint density at radius 3 is 2.77 bits per heavy atom. The molecule has 30 heavy (non-hydrogen) atoms. The highest BCUT2D eigenvalue weighted by atomic mass is 16.5. The lowest BCUT2D eigenvalue weighted by Crippen LogP contribution is -2.45. The van der Waals surface area contributed by atoms with Crippen LogP contribution in [0.25, 0.3) is 0 Å². The van der Waals surface area contributed by atoms with E-state index in [1.165, 1.54) is 0 Å². The molecule has 0 spiro atoms. The van der Waals surface area contributed by atoms with Crippen molar-refractivity contribution in [3.05, 3.63) is 47.8 Å². The molecule has 1 unspecified atom stereocenters. The maximum Gasteiger partial charge on any atom is 0.273 e. The Morgan fingerprint density at radius 1 is 1.13 bits per heavy atom. The summed E-state index contributed by atoms with van der Waals surface area (Å²) in [4.78, 5) is 26.7. The molecule has 160 valence electrons. The highest BCUT2D eigenvalue weighted by Gasteiger charge is 2.27. The van der Waals surface area contributed by atoms with E-state index in [1.807, 2.05) is 35.2 Å². The molecule has 2 amide bonds. The van der Waals surface area contributed by atoms with Crippen molar-refractivity contribution < 1.29 is 14.3 Å². The fraction of sp³-hybridized carbons (Fsp3) is 0.545. The van der Waals surface area contributed by atoms with E-state index in [0.29, 0.717) is 24.9 Å². The summed E-state index contributed by atoms with van der Waals surface area (Å²) in [5, 5.41) is 11.0. The lowest BCUT2D eigenvalue weighted by Gasteiger charge is -2.35. The summed E-state index contributed by atoms with van der Waals surface area (Å²) in [5.74, 6) is -0.118. The molecule has 2 aliphatic rings. The Hall–Kier alpha value is -2.74. The zero-order chi connectivity index (χ0) is 20.8. The van der Waals surface area contributed by atoms with Gasteiger partial charge in [0.05, 0.1) is 12.8 Å². The highest BCUT2D eigenvalue weighted by molar-refractivity contribution is 5.92. The third-order valence-electron chi connectivity index (χ3n) is 5.66. The van der Waals surface area contributed by atoms with Gasteiger partial charge in [0, 0.05) is 25.2 Å². The van der Waals surface area contributed by atoms with Gasteiger partial charge in [-0.05, 0) is 44.1 Å². The first-order valence-corrected chi connectivity index (χ1v) is 10.8. The number of amides is 2. The van der Waals surface area contributed by atoms with Crippen LogP contribution in [-0.4, -0.2) is 56.9 Å². The second-order valence-electron chi connectivity index (χ2n) is 8.12. The van der Waals surface area contributed by atoms with Crippen molar-refractivity contribution in [3.8, 4) is 0 Å². The molecule has 1 N–H and O–H groups in total. The standard InChI is InChI=1S/C22H29N5O3/c28-21(16-30-15-17-6-2-1-3-7-17)27-12-5-4-8-19(27)11-13-26-14-20(24-25-26)22(29)23-18-9-10-18/h1-3,6-7,14,18-19H,4-5,8-13,15-16H2,(H,23,29). The number of piperidine rings is 1. The topological polar surface area (TPSA) is 89.4 Å². The van der Waals surface area contributed by atoms with Gasteiger partial charge in [0.1, 0.15) is 6.61 Å². The second-order valence-corrected chi connectivity index (χ2v) is 8.12. The molecule has 2 aromatic rings. The van der Waals surface area contributed by atoms with Crippen LogP contribution in [0.2, 0.25) is 0 Å². The quantitative estimate of drug-likeness (QED) is 0.683. The third kappa shape index (κ3) is 5.66. The van der Waals surface area contributed by atoms with Crippen LogP contribution in [0.5, 0.6) is 0 Å². The lowest BCUT2D eigenvalue weighted by molar-refractivity contribution is -0.140. The number of nitrogens with zero attached hydrogens (tertiary/aromatic N) is 4. The molecule has 1 aliphatic heterocycles. The first-order valence-electron chi connectivity index (χ1n) is 10.8. The lowest BCUT2D eigenvalue weighted by atomic mass is 9.99. The number of aryl methyl sites for hydroxylation is 1. The number of carbonyl (C=O) groups is 2. The molecule has 1 aliphatic carbocycles. The number of aromatic nitrogens is 3. The minimum atomic E-state index is -0.159. The van der Waals surface area contributed by atoms with E-state index in [4.69, 9.17) is 4.74 Å². The molecule has 2 fully saturated rings. The summed E-state index contributed by atoms with van der Waals surface area (Å²) in [5.41, 5.74) is 1.42. The van der Waals surface area contributed by atoms with Crippen molar-refractivity contribution in [3.63, 3.8) is 0 Å². The zero-order valence-electron chi connectivity index (χ0n) is 17.2. The molecule has 4 rings (SSSR count). The molecule has 8 heteroatoms. The van der Waals surface area contributed by atoms with Crippen molar-refractivity contribution in [2.24, 2.45) is 0 Å². The monoisotopic (exact) mass is 411 g/mol. The van der Waals surface area contributed by atoms with E-state index < -0.39 is 0 Å². The van der Waals surface area contributed by atoms with Crippen LogP contribution in [0.4, 0.5) is 0 Å². The van der Waals surface area contributed by atoms with Crippen LogP contribution >= 0.6 is 0 Å². The van der Waals surface area contributed by atoms with Gasteiger partial charge in [0.2, 0.25) is 5.91 Å². The number of ether oxygens (including phenoxy) is 1. The smallest absolute Gasteiger partial charge is 0.273 e. The van der Waals surface area contributed by atoms with Gasteiger partial charge in [-0.2, -0.15) is 0 Å². The van der Waals surface area contributed by atoms with Crippen LogP contribution in [0.3, 0.4) is 0 Å². The molecular weight excluding hydrogens is 382 g/mol. The van der Waals surface area contributed by atoms with Gasteiger partial charge < -0.3 is 15.0 Å². The zero-order valence-corrected chi connectivity index (χ0v) is 17.2. The number of hydrogen-bond acceptors (Lipinski definition) is 5. The molecule has 1 atom stereocenters. The number of nitrogens with one attached hydrogen (secondary N) is 1. The van der Waals surface area contributed by atoms with Crippen molar-refractivity contribution in [1.29, 1.82) is 0 Å². The molecule has 1 aromatic carbocycles. The van der Waals surface area contributed by atoms with E-state index in [2.05, 4.69) is 15.6 Å². The Morgan fingerprint density at radius 2 is 1.97 bits per heavy atom. The van der Waals surface area contributed by atoms with Crippen molar-refractivity contribution >= 4 is 11.8 Å². The molecular formula is C22H29N5O3. The molecule has 1 saturated heterocycles. The molecule has 0 bridgehead atoms. The van der Waals surface area contributed by atoms with E-state index in [9.17, 15) is 9.59 Å². The predicted octanol–water partition coefficient (Wildman–Crippen LogP) is 2.16. The SMILES string of the molecule is O=C(NC1CC1)c1cn(CCC2CCCCN2C(=O)COCc2ccccc2)nn1. The summed E-state index contributed by atoms with van der Waals surface area (Å²) in [6.07, 6.45) is 7.68. The normalized spacial score (nSPS) is 18.9. The molecule has 0 radical (unpaired) electrons. The number of rotatable bonds is 9. The third-order valence-corrected chi connectivity index (χ3v) is 5.66. The Kier molecular flexibility index (Phi) is 6.74. The van der Waals surface area contributed by atoms with Crippen LogP contribution in [0.15, 0.2) is 36.5 Å². The molecule has 1 aromatic heterocycles. The van der Waals surface area contributed by atoms with Crippen molar-refractivity contribution in [2.45, 2.75) is 63.8 Å². The number of likely N-dealkylation sites (tertiary alicyclic amines) is 1. The fourth-order valence-corrected chi connectivity index (χ4v) is 3.82. The van der Waals surface area contributed by atoms with Gasteiger partial charge in [-0.15, -0.1) is 5.10 Å². The van der Waals surface area contributed by atoms with Gasteiger partial charge in [-0.1, -0.05) is 35.5 Å². The summed E-state index contributed by atoms with van der Waals surface area (Å²) in [7, 11) is 0. The fourth-order valence-electron chi connectivity index (χ4n) is 3.82. The largest absolute Gasteiger partial charge is 0.367 e. The first-order chi connectivity index (χ1) is 14.7. The summed E-state index contributed by atoms with van der Waals surface area (Å²) in [6.45, 7) is 1.93. The predicted molar refractivity (Wildman–Crippen MR) is 111 cm³/mol. The Labute approximate surface area is 176 Å². The summed E-state index contributed by atoms with van der Waals surface area (Å²) in [6, 6.07) is 10.3. The highest BCUT2D eigenvalue weighted by Crippen LogP contribution is 2.21. The van der Waals surface area contributed by atoms with Crippen molar-refractivity contribution in [1.82, 2.24) is 25.2 Å². The first kappa shape index (κ1) is 20.5. The maximum absolute atomic E-state index is 12.7. The van der Waals surface area contributed by atoms with Crippen LogP contribution in [0, 0.1) is 0 Å². The van der Waals surface area contributed by atoms with E-state index in [0.717, 1.165) is 50.6 Å². The van der Waals surface area contributed by atoms with E-state index in [1.54, 1.807) is 10.9 Å². The van der Waals surface area contributed by atoms with Gasteiger partial charge in [0.25, 0.3) is 5.91 Å². The average Bonchev–Trinajstić information content (AvgIpc) is 3.46. The Balaban J connectivity index is 1.25. The Bertz CT molecular complexity index is 849. The van der Waals surface area contributed by atoms with Crippen LogP contribution in [0.1, 0.15) is 54.6 Å². The molecule has 1 saturated carbocycles. The van der Waals surface area contributed by atoms with Crippen LogP contribution in [-0.2, 0) is 22.7 Å². The summed E-state index contributed by atoms with van der Waals surface area (Å²) >= 11 is 0. The van der Waals surface area contributed by atoms with Gasteiger partial charge >= 0.3 is 0 Å². The number of carbonyl (C=O) groups excluding carboxylic acids is 2. The second kappa shape index (κ2) is 9.84. The summed E-state index contributed by atoms with van der Waals surface area (Å²) < 4.78 is 7.35. The number of benzene rings is 1. The van der Waals surface area contributed by atoms with Crippen LogP contribution < -0.4 is 5.32 Å². The van der Waals surface area contributed by atoms with Gasteiger partial charge in [-0.3, -0.25) is 14.3 Å². The van der Waals surface area contributed by atoms with E-state index >= 15 is 0 Å². The molecule has 8 nitrogen and oxygen atoms in total. The molecule has 2 heterocycles.